The Morgan fingerprint density at radius 2 is 1.93 bits per heavy atom. The number of rotatable bonds is 4. The van der Waals surface area contributed by atoms with Crippen LogP contribution >= 0.6 is 11.3 Å². The van der Waals surface area contributed by atoms with Crippen molar-refractivity contribution >= 4 is 28.5 Å². The molecule has 0 saturated heterocycles. The summed E-state index contributed by atoms with van der Waals surface area (Å²) in [5.41, 5.74) is 1.92. The van der Waals surface area contributed by atoms with Crippen LogP contribution in [0.4, 0.5) is 0 Å². The van der Waals surface area contributed by atoms with Gasteiger partial charge in [0, 0.05) is 37.8 Å². The maximum atomic E-state index is 12.1. The SMILES string of the molecule is C=CC=N.CC.COC.O=c1[nH]c2ccccc2cc1-c1csc(C/C=C/O)n1. The molecule has 0 amide bonds. The number of para-hydroxylation sites is 1. The van der Waals surface area contributed by atoms with E-state index in [1.165, 1.54) is 17.4 Å². The van der Waals surface area contributed by atoms with Crippen molar-refractivity contribution in [3.63, 3.8) is 0 Å². The molecular weight excluding hydrogens is 386 g/mol. The monoisotopic (exact) mass is 415 g/mol. The summed E-state index contributed by atoms with van der Waals surface area (Å²) in [7, 11) is 3.25. The number of nitrogens with zero attached hydrogens (tertiary/aromatic N) is 1. The van der Waals surface area contributed by atoms with Crippen LogP contribution in [-0.4, -0.2) is 35.5 Å². The summed E-state index contributed by atoms with van der Waals surface area (Å²) in [4.78, 5) is 19.4. The topological polar surface area (TPSA) is 99.1 Å². The van der Waals surface area contributed by atoms with E-state index < -0.39 is 0 Å². The van der Waals surface area contributed by atoms with E-state index in [2.05, 4.69) is 21.3 Å². The van der Waals surface area contributed by atoms with Crippen LogP contribution in [0.3, 0.4) is 0 Å². The van der Waals surface area contributed by atoms with Crippen molar-refractivity contribution in [3.8, 4) is 11.3 Å². The van der Waals surface area contributed by atoms with Gasteiger partial charge in [0.15, 0.2) is 0 Å². The zero-order valence-electron chi connectivity index (χ0n) is 17.3. The van der Waals surface area contributed by atoms with Crippen molar-refractivity contribution in [1.29, 1.82) is 5.41 Å². The van der Waals surface area contributed by atoms with Gasteiger partial charge >= 0.3 is 0 Å². The number of hydrogen-bond donors (Lipinski definition) is 3. The number of benzene rings is 1. The highest BCUT2D eigenvalue weighted by Crippen LogP contribution is 2.22. The van der Waals surface area contributed by atoms with Gasteiger partial charge < -0.3 is 20.2 Å². The molecule has 7 heteroatoms. The molecule has 3 rings (SSSR count). The average Bonchev–Trinajstić information content (AvgIpc) is 3.22. The standard InChI is InChI=1S/C15H12N2O2S.C3H5N.C2H6O.C2H6/c18-7-3-6-14-16-13(9-20-14)11-8-10-4-1-2-5-12(10)17-15(11)19;1-2-3-4;1-3-2;1-2/h1-5,7-9,18H,6H2,(H,17,19);2-4H,1H2;1-2H3;1-2H3/b7-3+;;;. The molecule has 2 heterocycles. The summed E-state index contributed by atoms with van der Waals surface area (Å²) in [5.74, 6) is 0. The molecule has 6 nitrogen and oxygen atoms in total. The van der Waals surface area contributed by atoms with Gasteiger partial charge in [0.2, 0.25) is 0 Å². The third kappa shape index (κ3) is 9.14. The number of methoxy groups -OCH3 is 1. The molecule has 0 radical (unpaired) electrons. The molecule has 29 heavy (non-hydrogen) atoms. The Labute approximate surface area is 175 Å². The zero-order valence-corrected chi connectivity index (χ0v) is 18.1. The number of thiazole rings is 1. The van der Waals surface area contributed by atoms with Gasteiger partial charge in [-0.15, -0.1) is 11.3 Å². The Morgan fingerprint density at radius 1 is 1.31 bits per heavy atom. The van der Waals surface area contributed by atoms with Crippen molar-refractivity contribution in [2.45, 2.75) is 20.3 Å². The highest BCUT2D eigenvalue weighted by molar-refractivity contribution is 7.10. The predicted molar refractivity (Wildman–Crippen MR) is 124 cm³/mol. The van der Waals surface area contributed by atoms with Gasteiger partial charge in [-0.1, -0.05) is 44.7 Å². The van der Waals surface area contributed by atoms with E-state index in [1.54, 1.807) is 20.3 Å². The first-order valence-electron chi connectivity index (χ1n) is 8.98. The van der Waals surface area contributed by atoms with Crippen LogP contribution in [0.2, 0.25) is 0 Å². The van der Waals surface area contributed by atoms with E-state index in [0.29, 0.717) is 17.7 Å². The Morgan fingerprint density at radius 3 is 2.52 bits per heavy atom. The molecule has 3 aromatic rings. The van der Waals surface area contributed by atoms with E-state index in [4.69, 9.17) is 10.5 Å². The minimum atomic E-state index is -0.141. The second kappa shape index (κ2) is 16.0. The lowest BCUT2D eigenvalue weighted by Crippen LogP contribution is -2.08. The minimum Gasteiger partial charge on any atom is -0.516 e. The average molecular weight is 416 g/mol. The molecule has 0 spiro atoms. The third-order valence-corrected chi connectivity index (χ3v) is 3.97. The van der Waals surface area contributed by atoms with Gasteiger partial charge in [-0.25, -0.2) is 4.98 Å². The van der Waals surface area contributed by atoms with Crippen molar-refractivity contribution in [2.24, 2.45) is 0 Å². The number of fused-ring (bicyclic) bond motifs is 1. The van der Waals surface area contributed by atoms with Gasteiger partial charge in [0.05, 0.1) is 22.5 Å². The number of H-pyrrole nitrogens is 1. The summed E-state index contributed by atoms with van der Waals surface area (Å²) < 4.78 is 4.25. The Hall–Kier alpha value is -3.03. The molecular formula is C22H29N3O3S. The van der Waals surface area contributed by atoms with Gasteiger partial charge in [-0.2, -0.15) is 0 Å². The number of aromatic nitrogens is 2. The second-order valence-electron chi connectivity index (χ2n) is 5.13. The molecule has 0 fully saturated rings. The molecule has 156 valence electrons. The third-order valence-electron chi connectivity index (χ3n) is 3.10. The zero-order chi connectivity index (χ0) is 22.1. The summed E-state index contributed by atoms with van der Waals surface area (Å²) in [6.45, 7) is 7.24. The highest BCUT2D eigenvalue weighted by atomic mass is 32.1. The first-order chi connectivity index (χ1) is 14.1. The smallest absolute Gasteiger partial charge is 0.257 e. The van der Waals surface area contributed by atoms with Crippen LogP contribution in [0.5, 0.6) is 0 Å². The Bertz CT molecular complexity index is 940. The summed E-state index contributed by atoms with van der Waals surface area (Å²) in [6, 6.07) is 9.51. The van der Waals surface area contributed by atoms with Crippen LogP contribution in [0.15, 0.2) is 65.5 Å². The highest BCUT2D eigenvalue weighted by Gasteiger charge is 2.09. The maximum absolute atomic E-state index is 12.1. The molecule has 0 aliphatic heterocycles. The predicted octanol–water partition coefficient (Wildman–Crippen LogP) is 5.38. The van der Waals surface area contributed by atoms with Gasteiger partial charge in [0.1, 0.15) is 0 Å². The van der Waals surface area contributed by atoms with Crippen molar-refractivity contribution in [1.82, 2.24) is 9.97 Å². The molecule has 0 unspecified atom stereocenters. The normalized spacial score (nSPS) is 9.38. The van der Waals surface area contributed by atoms with E-state index >= 15 is 0 Å². The van der Waals surface area contributed by atoms with Gasteiger partial charge in [-0.05, 0) is 23.6 Å². The van der Waals surface area contributed by atoms with Crippen LogP contribution in [0, 0.1) is 5.41 Å². The minimum absolute atomic E-state index is 0.141. The molecule has 2 aromatic heterocycles. The lowest BCUT2D eigenvalue weighted by atomic mass is 10.1. The van der Waals surface area contributed by atoms with Gasteiger partial charge in [-0.3, -0.25) is 4.79 Å². The lowest BCUT2D eigenvalue weighted by molar-refractivity contribution is 0.277. The van der Waals surface area contributed by atoms with Crippen molar-refractivity contribution in [3.05, 3.63) is 76.1 Å². The fourth-order valence-electron chi connectivity index (χ4n) is 2.02. The Kier molecular flexibility index (Phi) is 14.3. The lowest BCUT2D eigenvalue weighted by Gasteiger charge is -2.00. The van der Waals surface area contributed by atoms with Crippen molar-refractivity contribution < 1.29 is 9.84 Å². The van der Waals surface area contributed by atoms with E-state index in [-0.39, 0.29) is 5.56 Å². The summed E-state index contributed by atoms with van der Waals surface area (Å²) >= 11 is 1.47. The van der Waals surface area contributed by atoms with Crippen LogP contribution < -0.4 is 5.56 Å². The molecule has 0 aliphatic rings. The number of hydrogen-bond acceptors (Lipinski definition) is 6. The summed E-state index contributed by atoms with van der Waals surface area (Å²) in [5, 5.41) is 18.6. The number of ether oxygens (including phenoxy) is 1. The fourth-order valence-corrected chi connectivity index (χ4v) is 2.79. The first kappa shape index (κ1) is 26.0. The quantitative estimate of drug-likeness (QED) is 0.394. The van der Waals surface area contributed by atoms with Crippen LogP contribution in [0.25, 0.3) is 22.2 Å². The van der Waals surface area contributed by atoms with Crippen molar-refractivity contribution in [2.75, 3.05) is 14.2 Å². The van der Waals surface area contributed by atoms with Crippen LogP contribution in [-0.2, 0) is 11.2 Å². The molecule has 0 saturated carbocycles. The number of aliphatic hydroxyl groups excluding tert-OH is 1. The summed E-state index contributed by atoms with van der Waals surface area (Å²) in [6.07, 6.45) is 5.74. The second-order valence-corrected chi connectivity index (χ2v) is 6.07. The molecule has 0 bridgehead atoms. The molecule has 0 atom stereocenters. The number of aromatic amines is 1. The number of allylic oxidation sites excluding steroid dienone is 2. The van der Waals surface area contributed by atoms with E-state index in [0.717, 1.165) is 28.4 Å². The van der Waals surface area contributed by atoms with E-state index in [9.17, 15) is 4.79 Å². The van der Waals surface area contributed by atoms with Gasteiger partial charge in [0.25, 0.3) is 5.56 Å². The molecule has 3 N–H and O–H groups in total. The first-order valence-corrected chi connectivity index (χ1v) is 9.86. The number of aliphatic hydroxyl groups is 1. The maximum Gasteiger partial charge on any atom is 0.257 e. The number of nitrogens with one attached hydrogen (secondary N) is 2. The Balaban J connectivity index is 0.000000750. The molecule has 0 aliphatic carbocycles. The largest absolute Gasteiger partial charge is 0.516 e. The van der Waals surface area contributed by atoms with E-state index in [1.807, 2.05) is 49.6 Å². The fraction of sp³-hybridized carbons (Fsp3) is 0.227. The number of pyridine rings is 1. The van der Waals surface area contributed by atoms with Crippen LogP contribution in [0.1, 0.15) is 18.9 Å². The molecule has 1 aromatic carbocycles.